The van der Waals surface area contributed by atoms with Crippen LogP contribution in [0, 0.1) is 5.41 Å². The summed E-state index contributed by atoms with van der Waals surface area (Å²) in [5, 5.41) is 0. The summed E-state index contributed by atoms with van der Waals surface area (Å²) in [5.41, 5.74) is -0.253. The van der Waals surface area contributed by atoms with E-state index in [9.17, 15) is 4.79 Å². The fraction of sp³-hybridized carbons (Fsp3) is 0.909. The van der Waals surface area contributed by atoms with Crippen molar-refractivity contribution in [3.8, 4) is 0 Å². The smallest absolute Gasteiger partial charge is 0.227 e. The predicted molar refractivity (Wildman–Crippen MR) is 56.6 cm³/mol. The van der Waals surface area contributed by atoms with Gasteiger partial charge in [-0.2, -0.15) is 0 Å². The van der Waals surface area contributed by atoms with Gasteiger partial charge in [0.2, 0.25) is 5.91 Å². The first-order valence-electron chi connectivity index (χ1n) is 5.11. The van der Waals surface area contributed by atoms with Crippen LogP contribution in [0.3, 0.4) is 0 Å². The summed E-state index contributed by atoms with van der Waals surface area (Å²) >= 11 is 0. The van der Waals surface area contributed by atoms with Gasteiger partial charge in [-0.3, -0.25) is 4.79 Å². The standard InChI is InChI=1S/C11H23NO/c1-7-9(8-2)12(6)10(13)11(3,4)5/h9H,7-8H2,1-6H3. The largest absolute Gasteiger partial charge is 0.342 e. The fourth-order valence-electron chi connectivity index (χ4n) is 1.53. The van der Waals surface area contributed by atoms with Crippen molar-refractivity contribution in [3.63, 3.8) is 0 Å². The summed E-state index contributed by atoms with van der Waals surface area (Å²) in [4.78, 5) is 13.7. The Morgan fingerprint density at radius 3 is 1.85 bits per heavy atom. The average Bonchev–Trinajstić information content (AvgIpc) is 2.03. The molecule has 2 heteroatoms. The van der Waals surface area contributed by atoms with Gasteiger partial charge in [-0.15, -0.1) is 0 Å². The van der Waals surface area contributed by atoms with E-state index in [4.69, 9.17) is 0 Å². The van der Waals surface area contributed by atoms with Crippen LogP contribution in [-0.4, -0.2) is 23.9 Å². The molecular weight excluding hydrogens is 162 g/mol. The van der Waals surface area contributed by atoms with Gasteiger partial charge in [-0.25, -0.2) is 0 Å². The van der Waals surface area contributed by atoms with Crippen LogP contribution >= 0.6 is 0 Å². The summed E-state index contributed by atoms with van der Waals surface area (Å²) in [7, 11) is 1.91. The molecule has 0 radical (unpaired) electrons. The highest BCUT2D eigenvalue weighted by atomic mass is 16.2. The van der Waals surface area contributed by atoms with E-state index in [-0.39, 0.29) is 11.3 Å². The van der Waals surface area contributed by atoms with E-state index in [2.05, 4.69) is 13.8 Å². The van der Waals surface area contributed by atoms with Crippen LogP contribution in [0.25, 0.3) is 0 Å². The van der Waals surface area contributed by atoms with Gasteiger partial charge in [0, 0.05) is 18.5 Å². The van der Waals surface area contributed by atoms with Gasteiger partial charge < -0.3 is 4.90 Å². The van der Waals surface area contributed by atoms with Gasteiger partial charge in [0.1, 0.15) is 0 Å². The lowest BCUT2D eigenvalue weighted by Crippen LogP contribution is -2.42. The van der Waals surface area contributed by atoms with E-state index in [1.54, 1.807) is 0 Å². The van der Waals surface area contributed by atoms with Crippen molar-refractivity contribution in [1.82, 2.24) is 4.90 Å². The quantitative estimate of drug-likeness (QED) is 0.662. The first-order chi connectivity index (χ1) is 5.84. The van der Waals surface area contributed by atoms with Crippen LogP contribution in [-0.2, 0) is 4.79 Å². The zero-order chi connectivity index (χ0) is 10.6. The van der Waals surface area contributed by atoms with Crippen LogP contribution in [0.5, 0.6) is 0 Å². The molecule has 13 heavy (non-hydrogen) atoms. The van der Waals surface area contributed by atoms with Crippen LogP contribution in [0.15, 0.2) is 0 Å². The van der Waals surface area contributed by atoms with E-state index in [1.165, 1.54) is 0 Å². The van der Waals surface area contributed by atoms with E-state index >= 15 is 0 Å². The molecular formula is C11H23NO. The molecule has 0 aromatic heterocycles. The Kier molecular flexibility index (Phi) is 4.45. The van der Waals surface area contributed by atoms with Crippen molar-refractivity contribution >= 4 is 5.91 Å². The monoisotopic (exact) mass is 185 g/mol. The molecule has 0 rings (SSSR count). The Balaban J connectivity index is 4.41. The van der Waals surface area contributed by atoms with Gasteiger partial charge in [0.05, 0.1) is 0 Å². The summed E-state index contributed by atoms with van der Waals surface area (Å²) in [5.74, 6) is 0.237. The molecule has 1 amide bonds. The number of hydrogen-bond acceptors (Lipinski definition) is 1. The first-order valence-corrected chi connectivity index (χ1v) is 5.11. The number of carbonyl (C=O) groups excluding carboxylic acids is 1. The molecule has 0 atom stereocenters. The molecule has 0 saturated carbocycles. The summed E-state index contributed by atoms with van der Waals surface area (Å²) in [6, 6.07) is 0.395. The molecule has 0 heterocycles. The van der Waals surface area contributed by atoms with Gasteiger partial charge in [-0.1, -0.05) is 34.6 Å². The van der Waals surface area contributed by atoms with Crippen molar-refractivity contribution in [2.45, 2.75) is 53.5 Å². The van der Waals surface area contributed by atoms with Crippen LogP contribution in [0.1, 0.15) is 47.5 Å². The molecule has 0 N–H and O–H groups in total. The molecule has 0 spiro atoms. The fourth-order valence-corrected chi connectivity index (χ4v) is 1.53. The molecule has 0 fully saturated rings. The maximum Gasteiger partial charge on any atom is 0.227 e. The van der Waals surface area contributed by atoms with E-state index in [0.29, 0.717) is 6.04 Å². The van der Waals surface area contributed by atoms with Gasteiger partial charge in [0.15, 0.2) is 0 Å². The zero-order valence-corrected chi connectivity index (χ0v) is 9.85. The normalized spacial score (nSPS) is 11.9. The highest BCUT2D eigenvalue weighted by Crippen LogP contribution is 2.19. The minimum Gasteiger partial charge on any atom is -0.342 e. The molecule has 0 aromatic rings. The Bertz CT molecular complexity index is 165. The average molecular weight is 185 g/mol. The van der Waals surface area contributed by atoms with Crippen LogP contribution < -0.4 is 0 Å². The van der Waals surface area contributed by atoms with Gasteiger partial charge in [0.25, 0.3) is 0 Å². The van der Waals surface area contributed by atoms with E-state index in [1.807, 2.05) is 32.7 Å². The first kappa shape index (κ1) is 12.5. The second kappa shape index (κ2) is 4.64. The maximum absolute atomic E-state index is 11.8. The molecule has 0 unspecified atom stereocenters. The SMILES string of the molecule is CCC(CC)N(C)C(=O)C(C)(C)C. The molecule has 0 saturated heterocycles. The van der Waals surface area contributed by atoms with E-state index < -0.39 is 0 Å². The minimum absolute atomic E-state index is 0.237. The Labute approximate surface area is 82.3 Å². The third kappa shape index (κ3) is 3.37. The van der Waals surface area contributed by atoms with E-state index in [0.717, 1.165) is 12.8 Å². The Hall–Kier alpha value is -0.530. The Morgan fingerprint density at radius 1 is 1.23 bits per heavy atom. The summed E-state index contributed by atoms with van der Waals surface area (Å²) < 4.78 is 0. The molecule has 0 bridgehead atoms. The summed E-state index contributed by atoms with van der Waals surface area (Å²) in [6.07, 6.45) is 2.07. The molecule has 78 valence electrons. The summed E-state index contributed by atoms with van der Waals surface area (Å²) in [6.45, 7) is 10.2. The lowest BCUT2D eigenvalue weighted by Gasteiger charge is -2.32. The van der Waals surface area contributed by atoms with Crippen molar-refractivity contribution in [2.75, 3.05) is 7.05 Å². The topological polar surface area (TPSA) is 20.3 Å². The van der Waals surface area contributed by atoms with Crippen molar-refractivity contribution < 1.29 is 4.79 Å². The van der Waals surface area contributed by atoms with Crippen molar-refractivity contribution in [1.29, 1.82) is 0 Å². The highest BCUT2D eigenvalue weighted by Gasteiger charge is 2.27. The van der Waals surface area contributed by atoms with Crippen LogP contribution in [0.2, 0.25) is 0 Å². The lowest BCUT2D eigenvalue weighted by molar-refractivity contribution is -0.140. The predicted octanol–water partition coefficient (Wildman–Crippen LogP) is 2.68. The zero-order valence-electron chi connectivity index (χ0n) is 9.85. The molecule has 0 aliphatic carbocycles. The number of rotatable bonds is 3. The van der Waals surface area contributed by atoms with Gasteiger partial charge in [-0.05, 0) is 12.8 Å². The molecule has 0 aliphatic rings. The third-order valence-corrected chi connectivity index (χ3v) is 2.45. The number of nitrogens with zero attached hydrogens (tertiary/aromatic N) is 1. The number of carbonyl (C=O) groups is 1. The molecule has 0 aromatic carbocycles. The maximum atomic E-state index is 11.8. The lowest BCUT2D eigenvalue weighted by atomic mass is 9.93. The number of amides is 1. The van der Waals surface area contributed by atoms with Crippen molar-refractivity contribution in [3.05, 3.63) is 0 Å². The third-order valence-electron chi connectivity index (χ3n) is 2.45. The van der Waals surface area contributed by atoms with Crippen molar-refractivity contribution in [2.24, 2.45) is 5.41 Å². The second-order valence-corrected chi connectivity index (χ2v) is 4.64. The minimum atomic E-state index is -0.253. The van der Waals surface area contributed by atoms with Gasteiger partial charge >= 0.3 is 0 Å². The Morgan fingerprint density at radius 2 is 1.62 bits per heavy atom. The number of hydrogen-bond donors (Lipinski definition) is 0. The molecule has 2 nitrogen and oxygen atoms in total. The second-order valence-electron chi connectivity index (χ2n) is 4.64. The van der Waals surface area contributed by atoms with Crippen LogP contribution in [0.4, 0.5) is 0 Å². The molecule has 0 aliphatic heterocycles. The highest BCUT2D eigenvalue weighted by molar-refractivity contribution is 5.81.